The van der Waals surface area contributed by atoms with Crippen molar-refractivity contribution >= 4 is 10.0 Å². The number of benzene rings is 1. The van der Waals surface area contributed by atoms with Gasteiger partial charge in [0, 0.05) is 12.6 Å². The number of hydrogen-bond donors (Lipinski definition) is 2. The van der Waals surface area contributed by atoms with Gasteiger partial charge in [0.25, 0.3) is 0 Å². The first kappa shape index (κ1) is 16.1. The zero-order valence-corrected chi connectivity index (χ0v) is 12.9. The lowest BCUT2D eigenvalue weighted by Gasteiger charge is -2.21. The van der Waals surface area contributed by atoms with Crippen molar-refractivity contribution in [2.24, 2.45) is 5.92 Å². The number of rotatable bonds is 7. The van der Waals surface area contributed by atoms with Crippen molar-refractivity contribution in [3.8, 4) is 0 Å². The van der Waals surface area contributed by atoms with Gasteiger partial charge in [0.1, 0.15) is 0 Å². The van der Waals surface area contributed by atoms with E-state index < -0.39 is 10.0 Å². The molecule has 1 atom stereocenters. The third-order valence-corrected chi connectivity index (χ3v) is 4.86. The van der Waals surface area contributed by atoms with Crippen LogP contribution in [0, 0.1) is 5.92 Å². The summed E-state index contributed by atoms with van der Waals surface area (Å²) in [4.78, 5) is 0.387. The predicted molar refractivity (Wildman–Crippen MR) is 78.7 cm³/mol. The third-order valence-electron chi connectivity index (χ3n) is 3.21. The molecule has 0 radical (unpaired) electrons. The average Bonchev–Trinajstić information content (AvgIpc) is 2.35. The maximum atomic E-state index is 12.2. The summed E-state index contributed by atoms with van der Waals surface area (Å²) in [6.07, 6.45) is 0.703. The Kier molecular flexibility index (Phi) is 5.97. The van der Waals surface area contributed by atoms with Crippen LogP contribution < -0.4 is 10.0 Å². The highest BCUT2D eigenvalue weighted by Gasteiger charge is 2.20. The topological polar surface area (TPSA) is 58.2 Å². The highest BCUT2D eigenvalue weighted by molar-refractivity contribution is 7.89. The molecule has 0 aliphatic carbocycles. The molecule has 0 aliphatic rings. The first-order chi connectivity index (χ1) is 8.92. The van der Waals surface area contributed by atoms with Gasteiger partial charge in [0.2, 0.25) is 10.0 Å². The Morgan fingerprint density at radius 1 is 1.21 bits per heavy atom. The van der Waals surface area contributed by atoms with E-state index in [1.165, 1.54) is 0 Å². The van der Waals surface area contributed by atoms with Gasteiger partial charge in [-0.25, -0.2) is 13.1 Å². The van der Waals surface area contributed by atoms with Crippen molar-refractivity contribution in [1.29, 1.82) is 0 Å². The summed E-state index contributed by atoms with van der Waals surface area (Å²) in [5, 5.41) is 3.25. The molecule has 2 N–H and O–H groups in total. The van der Waals surface area contributed by atoms with Crippen molar-refractivity contribution in [1.82, 2.24) is 10.0 Å². The molecule has 1 unspecified atom stereocenters. The lowest BCUT2D eigenvalue weighted by atomic mass is 9.97. The standard InChI is InChI=1S/C14H24N2O2S/c1-5-16-19(17,18)14-9-7-6-8-12(14)10-13(15-4)11(2)3/h6-9,11,13,15-16H,5,10H2,1-4H3. The zero-order valence-electron chi connectivity index (χ0n) is 12.1. The van der Waals surface area contributed by atoms with Crippen LogP contribution in [-0.4, -0.2) is 28.1 Å². The van der Waals surface area contributed by atoms with E-state index in [2.05, 4.69) is 23.9 Å². The van der Waals surface area contributed by atoms with E-state index in [9.17, 15) is 8.42 Å². The fourth-order valence-electron chi connectivity index (χ4n) is 2.11. The summed E-state index contributed by atoms with van der Waals surface area (Å²) in [5.41, 5.74) is 0.858. The second-order valence-electron chi connectivity index (χ2n) is 4.95. The van der Waals surface area contributed by atoms with Crippen molar-refractivity contribution in [2.45, 2.75) is 38.1 Å². The van der Waals surface area contributed by atoms with E-state index in [-0.39, 0.29) is 6.04 Å². The molecule has 1 rings (SSSR count). The van der Waals surface area contributed by atoms with Crippen LogP contribution in [0.5, 0.6) is 0 Å². The van der Waals surface area contributed by atoms with E-state index in [1.54, 1.807) is 19.1 Å². The van der Waals surface area contributed by atoms with Gasteiger partial charge >= 0.3 is 0 Å². The van der Waals surface area contributed by atoms with Gasteiger partial charge < -0.3 is 5.32 Å². The lowest BCUT2D eigenvalue weighted by Crippen LogP contribution is -2.33. The maximum absolute atomic E-state index is 12.2. The zero-order chi connectivity index (χ0) is 14.5. The fourth-order valence-corrected chi connectivity index (χ4v) is 3.40. The van der Waals surface area contributed by atoms with Crippen molar-refractivity contribution in [3.63, 3.8) is 0 Å². The smallest absolute Gasteiger partial charge is 0.240 e. The quantitative estimate of drug-likeness (QED) is 0.802. The van der Waals surface area contributed by atoms with Crippen LogP contribution in [0.25, 0.3) is 0 Å². The molecule has 1 aromatic carbocycles. The van der Waals surface area contributed by atoms with Gasteiger partial charge in [0.15, 0.2) is 0 Å². The van der Waals surface area contributed by atoms with E-state index in [4.69, 9.17) is 0 Å². The minimum absolute atomic E-state index is 0.262. The summed E-state index contributed by atoms with van der Waals surface area (Å²) in [7, 11) is -1.49. The van der Waals surface area contributed by atoms with E-state index in [0.717, 1.165) is 5.56 Å². The van der Waals surface area contributed by atoms with Crippen molar-refractivity contribution < 1.29 is 8.42 Å². The molecular weight excluding hydrogens is 260 g/mol. The molecule has 0 fully saturated rings. The van der Waals surface area contributed by atoms with Gasteiger partial charge in [-0.3, -0.25) is 0 Å². The largest absolute Gasteiger partial charge is 0.316 e. The summed E-state index contributed by atoms with van der Waals surface area (Å²) in [6, 6.07) is 7.46. The van der Waals surface area contributed by atoms with Crippen molar-refractivity contribution in [3.05, 3.63) is 29.8 Å². The lowest BCUT2D eigenvalue weighted by molar-refractivity contribution is 0.422. The van der Waals surface area contributed by atoms with Crippen LogP contribution in [0.2, 0.25) is 0 Å². The first-order valence-corrected chi connectivity index (χ1v) is 8.15. The van der Waals surface area contributed by atoms with Gasteiger partial charge in [0.05, 0.1) is 4.90 Å². The molecule has 0 aromatic heterocycles. The molecule has 108 valence electrons. The Morgan fingerprint density at radius 3 is 2.37 bits per heavy atom. The fraction of sp³-hybridized carbons (Fsp3) is 0.571. The molecule has 0 saturated carbocycles. The van der Waals surface area contributed by atoms with Crippen LogP contribution in [0.15, 0.2) is 29.2 Å². The molecule has 0 saturated heterocycles. The Balaban J connectivity index is 3.09. The molecule has 1 aromatic rings. The number of likely N-dealkylation sites (N-methyl/N-ethyl adjacent to an activating group) is 1. The Bertz CT molecular complexity index is 498. The van der Waals surface area contributed by atoms with Crippen molar-refractivity contribution in [2.75, 3.05) is 13.6 Å². The Hall–Kier alpha value is -0.910. The van der Waals surface area contributed by atoms with Crippen LogP contribution in [-0.2, 0) is 16.4 Å². The molecule has 0 bridgehead atoms. The van der Waals surface area contributed by atoms with E-state index in [1.807, 2.05) is 19.2 Å². The number of nitrogens with one attached hydrogen (secondary N) is 2. The molecule has 0 amide bonds. The summed E-state index contributed by atoms with van der Waals surface area (Å²) >= 11 is 0. The monoisotopic (exact) mass is 284 g/mol. The molecule has 0 aliphatic heterocycles. The summed E-state index contributed by atoms with van der Waals surface area (Å²) < 4.78 is 26.9. The van der Waals surface area contributed by atoms with Crippen LogP contribution >= 0.6 is 0 Å². The van der Waals surface area contributed by atoms with Crippen LogP contribution in [0.1, 0.15) is 26.3 Å². The van der Waals surface area contributed by atoms with E-state index >= 15 is 0 Å². The second-order valence-corrected chi connectivity index (χ2v) is 6.69. The highest BCUT2D eigenvalue weighted by Crippen LogP contribution is 2.19. The van der Waals surface area contributed by atoms with E-state index in [0.29, 0.717) is 23.8 Å². The van der Waals surface area contributed by atoms with Gasteiger partial charge in [-0.1, -0.05) is 39.0 Å². The molecule has 0 spiro atoms. The first-order valence-electron chi connectivity index (χ1n) is 6.67. The van der Waals surface area contributed by atoms with Crippen LogP contribution in [0.4, 0.5) is 0 Å². The second kappa shape index (κ2) is 7.03. The van der Waals surface area contributed by atoms with Crippen LogP contribution in [0.3, 0.4) is 0 Å². The normalized spacial score (nSPS) is 13.7. The average molecular weight is 284 g/mol. The van der Waals surface area contributed by atoms with Gasteiger partial charge in [-0.05, 0) is 31.0 Å². The number of hydrogen-bond acceptors (Lipinski definition) is 3. The minimum Gasteiger partial charge on any atom is -0.316 e. The number of sulfonamides is 1. The Labute approximate surface area is 116 Å². The minimum atomic E-state index is -3.40. The third kappa shape index (κ3) is 4.30. The molecule has 4 nitrogen and oxygen atoms in total. The highest BCUT2D eigenvalue weighted by atomic mass is 32.2. The molecule has 5 heteroatoms. The predicted octanol–water partition coefficient (Wildman–Crippen LogP) is 1.77. The Morgan fingerprint density at radius 2 is 1.84 bits per heavy atom. The van der Waals surface area contributed by atoms with Gasteiger partial charge in [-0.15, -0.1) is 0 Å². The SMILES string of the molecule is CCNS(=O)(=O)c1ccccc1CC(NC)C(C)C. The molecular formula is C14H24N2O2S. The summed E-state index contributed by atoms with van der Waals surface area (Å²) in [6.45, 7) is 6.44. The molecule has 0 heterocycles. The molecule has 19 heavy (non-hydrogen) atoms. The summed E-state index contributed by atoms with van der Waals surface area (Å²) in [5.74, 6) is 0.444. The van der Waals surface area contributed by atoms with Gasteiger partial charge in [-0.2, -0.15) is 0 Å². The maximum Gasteiger partial charge on any atom is 0.240 e.